The van der Waals surface area contributed by atoms with Gasteiger partial charge in [-0.1, -0.05) is 12.1 Å². The zero-order valence-electron chi connectivity index (χ0n) is 16.2. The summed E-state index contributed by atoms with van der Waals surface area (Å²) in [5, 5.41) is 2.84. The molecule has 0 aliphatic rings. The maximum atomic E-state index is 13.3. The number of imidazole rings is 1. The number of fused-ring (bicyclic) bond motifs is 1. The van der Waals surface area contributed by atoms with Crippen LogP contribution in [-0.2, 0) is 11.2 Å². The molecular weight excluding hydrogens is 383 g/mol. The number of rotatable bonds is 5. The summed E-state index contributed by atoms with van der Waals surface area (Å²) >= 11 is 0. The summed E-state index contributed by atoms with van der Waals surface area (Å²) < 4.78 is 15.2. The van der Waals surface area contributed by atoms with Gasteiger partial charge in [0, 0.05) is 16.9 Å². The Morgan fingerprint density at radius 3 is 2.40 bits per heavy atom. The second kappa shape index (κ2) is 7.79. The Morgan fingerprint density at radius 1 is 1.03 bits per heavy atom. The number of primary amides is 1. The lowest BCUT2D eigenvalue weighted by Crippen LogP contribution is -2.14. The first-order chi connectivity index (χ1) is 14.4. The quantitative estimate of drug-likeness (QED) is 0.533. The van der Waals surface area contributed by atoms with Crippen LogP contribution in [0.4, 0.5) is 10.1 Å². The van der Waals surface area contributed by atoms with E-state index in [4.69, 9.17) is 5.73 Å². The first kappa shape index (κ1) is 19.3. The zero-order valence-corrected chi connectivity index (χ0v) is 16.2. The number of nitrogens with zero attached hydrogens (tertiary/aromatic N) is 2. The SMILES string of the molecule is Cc1nc2ccc(C(=O)Nc3ccc(CC(N)=O)cc3)cc2n1-c1ccc(F)cc1. The number of hydrogen-bond acceptors (Lipinski definition) is 3. The number of carbonyl (C=O) groups is 2. The van der Waals surface area contributed by atoms with Gasteiger partial charge in [-0.15, -0.1) is 0 Å². The van der Waals surface area contributed by atoms with Crippen molar-refractivity contribution in [1.29, 1.82) is 0 Å². The van der Waals surface area contributed by atoms with Crippen LogP contribution in [0.25, 0.3) is 16.7 Å². The van der Waals surface area contributed by atoms with Crippen LogP contribution < -0.4 is 11.1 Å². The fourth-order valence-electron chi connectivity index (χ4n) is 3.36. The number of halogens is 1. The minimum Gasteiger partial charge on any atom is -0.369 e. The third-order valence-electron chi connectivity index (χ3n) is 4.76. The van der Waals surface area contributed by atoms with Crippen LogP contribution in [0.2, 0.25) is 0 Å². The molecule has 1 heterocycles. The normalized spacial score (nSPS) is 10.9. The fourth-order valence-corrected chi connectivity index (χ4v) is 3.36. The van der Waals surface area contributed by atoms with Gasteiger partial charge in [0.25, 0.3) is 5.91 Å². The van der Waals surface area contributed by atoms with Crippen molar-refractivity contribution >= 4 is 28.5 Å². The predicted molar refractivity (Wildman–Crippen MR) is 113 cm³/mol. The monoisotopic (exact) mass is 402 g/mol. The molecule has 3 aromatic carbocycles. The van der Waals surface area contributed by atoms with Gasteiger partial charge in [-0.2, -0.15) is 0 Å². The molecule has 0 aliphatic carbocycles. The minimum absolute atomic E-state index is 0.150. The van der Waals surface area contributed by atoms with Crippen molar-refractivity contribution in [3.63, 3.8) is 0 Å². The van der Waals surface area contributed by atoms with Crippen LogP contribution in [-0.4, -0.2) is 21.4 Å². The third kappa shape index (κ3) is 3.91. The van der Waals surface area contributed by atoms with Gasteiger partial charge < -0.3 is 11.1 Å². The Bertz CT molecular complexity index is 1240. The van der Waals surface area contributed by atoms with Gasteiger partial charge in [0.15, 0.2) is 0 Å². The second-order valence-corrected chi connectivity index (χ2v) is 6.97. The summed E-state index contributed by atoms with van der Waals surface area (Å²) in [6.45, 7) is 1.86. The van der Waals surface area contributed by atoms with E-state index in [9.17, 15) is 14.0 Å². The molecular formula is C23H19FN4O2. The van der Waals surface area contributed by atoms with E-state index in [1.807, 2.05) is 11.5 Å². The average molecular weight is 402 g/mol. The predicted octanol–water partition coefficient (Wildman–Crippen LogP) is 3.75. The molecule has 0 radical (unpaired) electrons. The summed E-state index contributed by atoms with van der Waals surface area (Å²) in [6, 6.07) is 18.3. The lowest BCUT2D eigenvalue weighted by molar-refractivity contribution is -0.117. The van der Waals surface area contributed by atoms with Gasteiger partial charge in [-0.05, 0) is 67.1 Å². The van der Waals surface area contributed by atoms with Gasteiger partial charge >= 0.3 is 0 Å². The standard InChI is InChI=1S/C23H19FN4O2/c1-14-26-20-11-4-16(13-21(20)28(14)19-9-5-17(24)6-10-19)23(30)27-18-7-2-15(3-8-18)12-22(25)29/h2-11,13H,12H2,1H3,(H2,25,29)(H,27,30). The average Bonchev–Trinajstić information content (AvgIpc) is 3.04. The van der Waals surface area contributed by atoms with Gasteiger partial charge in [-0.25, -0.2) is 9.37 Å². The van der Waals surface area contributed by atoms with Crippen molar-refractivity contribution in [3.8, 4) is 5.69 Å². The molecule has 1 aromatic heterocycles. The molecule has 0 atom stereocenters. The molecule has 0 aliphatic heterocycles. The molecule has 0 fully saturated rings. The highest BCUT2D eigenvalue weighted by molar-refractivity contribution is 6.06. The molecule has 0 saturated carbocycles. The minimum atomic E-state index is -0.409. The summed E-state index contributed by atoms with van der Waals surface area (Å²) in [5.41, 5.74) is 9.30. The van der Waals surface area contributed by atoms with Crippen LogP contribution in [0.5, 0.6) is 0 Å². The van der Waals surface area contributed by atoms with Gasteiger partial charge in [-0.3, -0.25) is 14.2 Å². The number of carbonyl (C=O) groups excluding carboxylic acids is 2. The van der Waals surface area contributed by atoms with E-state index in [0.29, 0.717) is 11.3 Å². The van der Waals surface area contributed by atoms with E-state index in [2.05, 4.69) is 10.3 Å². The molecule has 0 unspecified atom stereocenters. The largest absolute Gasteiger partial charge is 0.369 e. The lowest BCUT2D eigenvalue weighted by Gasteiger charge is -2.09. The van der Waals surface area contributed by atoms with Crippen LogP contribution in [0.1, 0.15) is 21.7 Å². The van der Waals surface area contributed by atoms with E-state index in [1.54, 1.807) is 54.6 Å². The molecule has 2 amide bonds. The highest BCUT2D eigenvalue weighted by atomic mass is 19.1. The zero-order chi connectivity index (χ0) is 21.3. The van der Waals surface area contributed by atoms with Crippen LogP contribution in [0, 0.1) is 12.7 Å². The van der Waals surface area contributed by atoms with Crippen molar-refractivity contribution in [2.24, 2.45) is 5.73 Å². The highest BCUT2D eigenvalue weighted by Gasteiger charge is 2.13. The Labute approximate surface area is 172 Å². The molecule has 3 N–H and O–H groups in total. The molecule has 0 spiro atoms. The molecule has 30 heavy (non-hydrogen) atoms. The fraction of sp³-hybridized carbons (Fsp3) is 0.0870. The van der Waals surface area contributed by atoms with Gasteiger partial charge in [0.2, 0.25) is 5.91 Å². The van der Waals surface area contributed by atoms with E-state index >= 15 is 0 Å². The van der Waals surface area contributed by atoms with E-state index in [-0.39, 0.29) is 18.1 Å². The number of aromatic nitrogens is 2. The second-order valence-electron chi connectivity index (χ2n) is 6.97. The first-order valence-corrected chi connectivity index (χ1v) is 9.34. The summed E-state index contributed by atoms with van der Waals surface area (Å²) in [6.07, 6.45) is 0.150. The maximum Gasteiger partial charge on any atom is 0.255 e. The molecule has 0 saturated heterocycles. The highest BCUT2D eigenvalue weighted by Crippen LogP contribution is 2.23. The van der Waals surface area contributed by atoms with Crippen LogP contribution >= 0.6 is 0 Å². The van der Waals surface area contributed by atoms with E-state index in [1.165, 1.54) is 12.1 Å². The van der Waals surface area contributed by atoms with E-state index in [0.717, 1.165) is 28.1 Å². The molecule has 4 rings (SSSR count). The molecule has 7 heteroatoms. The summed E-state index contributed by atoms with van der Waals surface area (Å²) in [7, 11) is 0. The number of benzene rings is 3. The number of hydrogen-bond donors (Lipinski definition) is 2. The van der Waals surface area contributed by atoms with Crippen molar-refractivity contribution in [2.75, 3.05) is 5.32 Å². The molecule has 4 aromatic rings. The molecule has 6 nitrogen and oxygen atoms in total. The van der Waals surface area contributed by atoms with Gasteiger partial charge in [0.05, 0.1) is 17.5 Å². The van der Waals surface area contributed by atoms with Crippen molar-refractivity contribution < 1.29 is 14.0 Å². The Balaban J connectivity index is 1.63. The number of amides is 2. The van der Waals surface area contributed by atoms with Gasteiger partial charge in [0.1, 0.15) is 11.6 Å². The number of aryl methyl sites for hydroxylation is 1. The Kier molecular flexibility index (Phi) is 5.02. The number of nitrogens with two attached hydrogens (primary N) is 1. The Morgan fingerprint density at radius 2 is 1.73 bits per heavy atom. The molecule has 150 valence electrons. The summed E-state index contributed by atoms with van der Waals surface area (Å²) in [4.78, 5) is 28.3. The topological polar surface area (TPSA) is 90.0 Å². The third-order valence-corrected chi connectivity index (χ3v) is 4.76. The Hall–Kier alpha value is -4.00. The van der Waals surface area contributed by atoms with Crippen LogP contribution in [0.3, 0.4) is 0 Å². The van der Waals surface area contributed by atoms with Crippen LogP contribution in [0.15, 0.2) is 66.7 Å². The van der Waals surface area contributed by atoms with Crippen molar-refractivity contribution in [1.82, 2.24) is 9.55 Å². The van der Waals surface area contributed by atoms with E-state index < -0.39 is 5.91 Å². The number of anilines is 1. The first-order valence-electron chi connectivity index (χ1n) is 9.34. The lowest BCUT2D eigenvalue weighted by atomic mass is 10.1. The smallest absolute Gasteiger partial charge is 0.255 e. The summed E-state index contributed by atoms with van der Waals surface area (Å²) in [5.74, 6) is -0.265. The molecule has 0 bridgehead atoms. The number of nitrogens with one attached hydrogen (secondary N) is 1. The van der Waals surface area contributed by atoms with Crippen molar-refractivity contribution in [3.05, 3.63) is 89.5 Å². The maximum absolute atomic E-state index is 13.3. The van der Waals surface area contributed by atoms with Crippen molar-refractivity contribution in [2.45, 2.75) is 13.3 Å².